The number of nitrogens with one attached hydrogen (secondary N) is 1. The highest BCUT2D eigenvalue weighted by Crippen LogP contribution is 2.14. The molecule has 0 unspecified atom stereocenters. The van der Waals surface area contributed by atoms with Gasteiger partial charge in [-0.1, -0.05) is 12.7 Å². The van der Waals surface area contributed by atoms with Gasteiger partial charge in [0.1, 0.15) is 0 Å². The second kappa shape index (κ2) is 8.75. The average molecular weight is 484 g/mol. The summed E-state index contributed by atoms with van der Waals surface area (Å²) in [6.07, 6.45) is 9.62. The molecular formula is C13H18I2N4. The lowest BCUT2D eigenvalue weighted by Crippen LogP contribution is -2.10. The van der Waals surface area contributed by atoms with Gasteiger partial charge in [-0.15, -0.1) is 0 Å². The molecule has 0 saturated carbocycles. The lowest BCUT2D eigenvalue weighted by molar-refractivity contribution is 0.638. The van der Waals surface area contributed by atoms with E-state index in [0.717, 1.165) is 30.2 Å². The van der Waals surface area contributed by atoms with Gasteiger partial charge < -0.3 is 9.88 Å². The average Bonchev–Trinajstić information content (AvgIpc) is 2.76. The first-order valence-corrected chi connectivity index (χ1v) is 7.84. The molecule has 1 aromatic rings. The summed E-state index contributed by atoms with van der Waals surface area (Å²) in [5, 5.41) is 3.21. The van der Waals surface area contributed by atoms with E-state index in [1.165, 1.54) is 0 Å². The van der Waals surface area contributed by atoms with Crippen molar-refractivity contribution in [1.82, 2.24) is 16.2 Å². The Kier molecular flexibility index (Phi) is 7.69. The maximum Gasteiger partial charge on any atom is 0.0958 e. The zero-order valence-electron chi connectivity index (χ0n) is 11.1. The van der Waals surface area contributed by atoms with Gasteiger partial charge in [-0.25, -0.2) is 4.98 Å². The lowest BCUT2D eigenvalue weighted by Gasteiger charge is -2.09. The fourth-order valence-corrected chi connectivity index (χ4v) is 1.98. The minimum atomic E-state index is 0.898. The molecule has 6 heteroatoms. The van der Waals surface area contributed by atoms with Crippen molar-refractivity contribution in [3.8, 4) is 0 Å². The smallest absolute Gasteiger partial charge is 0.0958 e. The van der Waals surface area contributed by atoms with Gasteiger partial charge in [-0.2, -0.15) is 1.33 Å². The largest absolute Gasteiger partial charge is 0.365 e. The molecule has 19 heavy (non-hydrogen) atoms. The fraction of sp³-hybridized carbons (Fsp3) is 0.308. The van der Waals surface area contributed by atoms with E-state index < -0.39 is 0 Å². The van der Waals surface area contributed by atoms with Gasteiger partial charge in [0.15, 0.2) is 0 Å². The van der Waals surface area contributed by atoms with Crippen LogP contribution in [0.1, 0.15) is 25.2 Å². The van der Waals surface area contributed by atoms with Crippen LogP contribution in [0, 0.1) is 0 Å². The Morgan fingerprint density at radius 2 is 2.32 bits per heavy atom. The maximum absolute atomic E-state index is 4.38. The molecule has 0 aliphatic carbocycles. The zero-order valence-corrected chi connectivity index (χ0v) is 15.4. The van der Waals surface area contributed by atoms with E-state index in [4.69, 9.17) is 0 Å². The molecule has 0 atom stereocenters. The molecule has 0 spiro atoms. The van der Waals surface area contributed by atoms with Gasteiger partial charge in [0.05, 0.1) is 17.7 Å². The molecule has 0 aliphatic rings. The van der Waals surface area contributed by atoms with E-state index in [-0.39, 0.29) is 0 Å². The topological polar surface area (TPSA) is 33.1 Å². The summed E-state index contributed by atoms with van der Waals surface area (Å²) in [6, 6.07) is 0. The van der Waals surface area contributed by atoms with Crippen molar-refractivity contribution in [1.29, 1.82) is 0 Å². The van der Waals surface area contributed by atoms with Crippen molar-refractivity contribution in [3.05, 3.63) is 42.3 Å². The van der Waals surface area contributed by atoms with Crippen molar-refractivity contribution in [2.45, 2.75) is 20.4 Å². The highest BCUT2D eigenvalue weighted by atomic mass is 127. The SMILES string of the molecule is C=Cc1ncn(CCN(I)I)c1/C=C(\C)NC=CC. The molecule has 4 nitrogen and oxygen atoms in total. The molecule has 104 valence electrons. The standard InChI is InChI=1S/C13H18I2N4/c1-4-6-16-11(3)9-13-12(5-2)17-10-18(13)7-8-19(14)15/h4-6,9-10,16H,2,7-8H2,1,3H3/b6-4?,11-9+. The molecule has 0 saturated heterocycles. The Morgan fingerprint density at radius 3 is 2.89 bits per heavy atom. The molecule has 0 aromatic carbocycles. The molecule has 0 bridgehead atoms. The molecule has 1 N–H and O–H groups in total. The summed E-state index contributed by atoms with van der Waals surface area (Å²) < 4.78 is 4.24. The molecule has 1 aromatic heterocycles. The van der Waals surface area contributed by atoms with E-state index in [1.54, 1.807) is 6.08 Å². The quantitative estimate of drug-likeness (QED) is 0.470. The molecule has 0 amide bonds. The Labute approximate surface area is 142 Å². The van der Waals surface area contributed by atoms with Crippen LogP contribution in [0.15, 0.2) is 30.9 Å². The molecule has 0 fully saturated rings. The Balaban J connectivity index is 2.95. The number of nitrogens with zero attached hydrogens (tertiary/aromatic N) is 3. The lowest BCUT2D eigenvalue weighted by atomic mass is 10.2. The molecule has 1 rings (SSSR count). The van der Waals surface area contributed by atoms with Crippen molar-refractivity contribution >= 4 is 57.9 Å². The number of hydrogen-bond acceptors (Lipinski definition) is 3. The Bertz CT molecular complexity index is 475. The second-order valence-electron chi connectivity index (χ2n) is 3.91. The third-order valence-corrected chi connectivity index (χ3v) is 3.41. The third-order valence-electron chi connectivity index (χ3n) is 2.44. The first-order valence-electron chi connectivity index (χ1n) is 5.91. The van der Waals surface area contributed by atoms with Crippen LogP contribution in [0.2, 0.25) is 0 Å². The van der Waals surface area contributed by atoms with Crippen LogP contribution in [-0.4, -0.2) is 17.4 Å². The maximum atomic E-state index is 4.38. The van der Waals surface area contributed by atoms with E-state index in [1.807, 2.05) is 32.5 Å². The third kappa shape index (κ3) is 5.65. The van der Waals surface area contributed by atoms with Crippen LogP contribution in [0.5, 0.6) is 0 Å². The second-order valence-corrected chi connectivity index (χ2v) is 8.09. The van der Waals surface area contributed by atoms with E-state index >= 15 is 0 Å². The molecule has 0 radical (unpaired) electrons. The summed E-state index contributed by atoms with van der Waals surface area (Å²) in [4.78, 5) is 4.38. The summed E-state index contributed by atoms with van der Waals surface area (Å²) in [5.41, 5.74) is 3.07. The zero-order chi connectivity index (χ0) is 14.3. The van der Waals surface area contributed by atoms with E-state index in [2.05, 4.69) is 74.6 Å². The van der Waals surface area contributed by atoms with Gasteiger partial charge in [-0.05, 0) is 32.2 Å². The van der Waals surface area contributed by atoms with Crippen molar-refractivity contribution in [2.24, 2.45) is 0 Å². The number of aromatic nitrogens is 2. The molecule has 1 heterocycles. The number of rotatable bonds is 7. The van der Waals surface area contributed by atoms with Crippen LogP contribution in [0.3, 0.4) is 0 Å². The van der Waals surface area contributed by atoms with Crippen LogP contribution in [-0.2, 0) is 6.54 Å². The predicted molar refractivity (Wildman–Crippen MR) is 98.7 cm³/mol. The van der Waals surface area contributed by atoms with E-state index in [9.17, 15) is 0 Å². The normalized spacial score (nSPS) is 12.4. The number of halogens is 2. The van der Waals surface area contributed by atoms with Crippen LogP contribution >= 0.6 is 45.7 Å². The number of hydrogen-bond donors (Lipinski definition) is 1. The summed E-state index contributed by atoms with van der Waals surface area (Å²) in [7, 11) is 0. The van der Waals surface area contributed by atoms with Gasteiger partial charge in [0, 0.05) is 64.5 Å². The van der Waals surface area contributed by atoms with Crippen molar-refractivity contribution in [3.63, 3.8) is 0 Å². The number of allylic oxidation sites excluding steroid dienone is 2. The Hall–Kier alpha value is -0.350. The van der Waals surface area contributed by atoms with Crippen molar-refractivity contribution < 1.29 is 0 Å². The number of imidazole rings is 1. The summed E-state index contributed by atoms with van der Waals surface area (Å²) in [5.74, 6) is 0. The summed E-state index contributed by atoms with van der Waals surface area (Å²) >= 11 is 4.54. The fourth-order valence-electron chi connectivity index (χ4n) is 1.54. The van der Waals surface area contributed by atoms with Crippen LogP contribution in [0.4, 0.5) is 0 Å². The van der Waals surface area contributed by atoms with Gasteiger partial charge in [-0.3, -0.25) is 0 Å². The Morgan fingerprint density at radius 1 is 1.58 bits per heavy atom. The van der Waals surface area contributed by atoms with Gasteiger partial charge in [0.2, 0.25) is 0 Å². The molecular weight excluding hydrogens is 466 g/mol. The van der Waals surface area contributed by atoms with E-state index in [0.29, 0.717) is 0 Å². The highest BCUT2D eigenvalue weighted by molar-refractivity contribution is 14.2. The van der Waals surface area contributed by atoms with Crippen LogP contribution < -0.4 is 5.32 Å². The monoisotopic (exact) mass is 484 g/mol. The van der Waals surface area contributed by atoms with Crippen LogP contribution in [0.25, 0.3) is 12.2 Å². The highest BCUT2D eigenvalue weighted by Gasteiger charge is 2.07. The van der Waals surface area contributed by atoms with Crippen molar-refractivity contribution in [2.75, 3.05) is 6.54 Å². The minimum absolute atomic E-state index is 0.898. The van der Waals surface area contributed by atoms with Gasteiger partial charge >= 0.3 is 0 Å². The molecule has 0 aliphatic heterocycles. The summed E-state index contributed by atoms with van der Waals surface area (Å²) in [6.45, 7) is 9.69. The first-order chi connectivity index (χ1) is 9.08. The minimum Gasteiger partial charge on any atom is -0.365 e. The first kappa shape index (κ1) is 16.7. The van der Waals surface area contributed by atoms with Gasteiger partial charge in [0.25, 0.3) is 0 Å². The predicted octanol–water partition coefficient (Wildman–Crippen LogP) is 4.01.